The van der Waals surface area contributed by atoms with E-state index in [0.717, 1.165) is 0 Å². The minimum Gasteiger partial charge on any atom is -0.481 e. The van der Waals surface area contributed by atoms with Gasteiger partial charge in [0.1, 0.15) is 5.60 Å². The first kappa shape index (κ1) is 10.5. The van der Waals surface area contributed by atoms with E-state index in [1.165, 1.54) is 14.0 Å². The maximum absolute atomic E-state index is 10.4. The third-order valence-electron chi connectivity index (χ3n) is 1.66. The van der Waals surface area contributed by atoms with Gasteiger partial charge in [0.15, 0.2) is 5.69 Å². The van der Waals surface area contributed by atoms with Crippen LogP contribution in [0.5, 0.6) is 5.88 Å². The van der Waals surface area contributed by atoms with Crippen molar-refractivity contribution in [3.63, 3.8) is 0 Å². The number of aromatic nitrogens is 2. The van der Waals surface area contributed by atoms with Crippen LogP contribution in [0.15, 0.2) is 4.63 Å². The highest BCUT2D eigenvalue weighted by molar-refractivity contribution is 5.68. The molecule has 0 spiro atoms. The standard InChI is InChI=1S/C7H10N2O5/c1-7(12,3-4(10)11)5-6(13-2)9-14-8-5/h12H,3H2,1-2H3,(H,10,11). The molecule has 0 radical (unpaired) electrons. The second-order valence-electron chi connectivity index (χ2n) is 2.97. The lowest BCUT2D eigenvalue weighted by atomic mass is 9.99. The molecule has 1 aromatic heterocycles. The molecule has 1 heterocycles. The number of carbonyl (C=O) groups is 1. The zero-order valence-corrected chi connectivity index (χ0v) is 7.72. The Hall–Kier alpha value is -1.63. The van der Waals surface area contributed by atoms with Crippen LogP contribution in [0.2, 0.25) is 0 Å². The highest BCUT2D eigenvalue weighted by Crippen LogP contribution is 2.28. The average molecular weight is 202 g/mol. The van der Waals surface area contributed by atoms with Crippen LogP contribution in [0, 0.1) is 0 Å². The molecule has 0 saturated carbocycles. The van der Waals surface area contributed by atoms with Crippen molar-refractivity contribution in [2.75, 3.05) is 7.11 Å². The quantitative estimate of drug-likeness (QED) is 0.693. The average Bonchev–Trinajstić information content (AvgIpc) is 2.48. The molecule has 2 N–H and O–H groups in total. The summed E-state index contributed by atoms with van der Waals surface area (Å²) in [7, 11) is 1.32. The number of methoxy groups -OCH3 is 1. The Labute approximate surface area is 79.3 Å². The summed E-state index contributed by atoms with van der Waals surface area (Å²) in [5.74, 6) is -1.17. The van der Waals surface area contributed by atoms with Crippen LogP contribution < -0.4 is 4.74 Å². The molecule has 0 aliphatic carbocycles. The van der Waals surface area contributed by atoms with Crippen molar-refractivity contribution < 1.29 is 24.4 Å². The van der Waals surface area contributed by atoms with Crippen molar-refractivity contribution in [1.82, 2.24) is 10.3 Å². The van der Waals surface area contributed by atoms with Crippen LogP contribution in [0.25, 0.3) is 0 Å². The van der Waals surface area contributed by atoms with Gasteiger partial charge in [0.05, 0.1) is 13.5 Å². The van der Waals surface area contributed by atoms with Gasteiger partial charge in [-0.25, -0.2) is 4.63 Å². The Balaban J connectivity index is 2.96. The van der Waals surface area contributed by atoms with Crippen LogP contribution in [0.1, 0.15) is 19.0 Å². The molecule has 0 aliphatic heterocycles. The van der Waals surface area contributed by atoms with Crippen LogP contribution >= 0.6 is 0 Å². The number of rotatable bonds is 4. The van der Waals surface area contributed by atoms with Crippen molar-refractivity contribution in [2.45, 2.75) is 18.9 Å². The van der Waals surface area contributed by atoms with Gasteiger partial charge >= 0.3 is 5.97 Å². The summed E-state index contributed by atoms with van der Waals surface area (Å²) in [6, 6.07) is 0. The number of nitrogens with zero attached hydrogens (tertiary/aromatic N) is 2. The molecule has 7 heteroatoms. The molecule has 0 aliphatic rings. The number of ether oxygens (including phenoxy) is 1. The van der Waals surface area contributed by atoms with Gasteiger partial charge in [-0.15, -0.1) is 0 Å². The third kappa shape index (κ3) is 1.99. The zero-order valence-electron chi connectivity index (χ0n) is 7.72. The molecule has 14 heavy (non-hydrogen) atoms. The first-order valence-corrected chi connectivity index (χ1v) is 3.78. The minimum absolute atomic E-state index is 0.0174. The summed E-state index contributed by atoms with van der Waals surface area (Å²) < 4.78 is 9.06. The summed E-state index contributed by atoms with van der Waals surface area (Å²) in [5.41, 5.74) is -1.68. The first-order chi connectivity index (χ1) is 6.47. The van der Waals surface area contributed by atoms with E-state index in [1.807, 2.05) is 0 Å². The van der Waals surface area contributed by atoms with Crippen molar-refractivity contribution in [3.05, 3.63) is 5.69 Å². The molecule has 0 fully saturated rings. The summed E-state index contributed by atoms with van der Waals surface area (Å²) in [4.78, 5) is 10.4. The Morgan fingerprint density at radius 3 is 2.79 bits per heavy atom. The fourth-order valence-corrected chi connectivity index (χ4v) is 1.02. The Morgan fingerprint density at radius 2 is 2.29 bits per heavy atom. The fraction of sp³-hybridized carbons (Fsp3) is 0.571. The largest absolute Gasteiger partial charge is 0.481 e. The van der Waals surface area contributed by atoms with Crippen molar-refractivity contribution in [2.24, 2.45) is 0 Å². The monoisotopic (exact) mass is 202 g/mol. The van der Waals surface area contributed by atoms with Crippen molar-refractivity contribution in [1.29, 1.82) is 0 Å². The van der Waals surface area contributed by atoms with Gasteiger partial charge in [-0.1, -0.05) is 0 Å². The predicted molar refractivity (Wildman–Crippen MR) is 42.7 cm³/mol. The number of aliphatic carboxylic acids is 1. The van der Waals surface area contributed by atoms with E-state index in [0.29, 0.717) is 0 Å². The number of carboxylic acids is 1. The molecule has 1 aromatic rings. The van der Waals surface area contributed by atoms with E-state index < -0.39 is 18.0 Å². The Bertz CT molecular complexity index is 333. The molecule has 1 atom stereocenters. The molecule has 1 unspecified atom stereocenters. The van der Waals surface area contributed by atoms with E-state index in [1.54, 1.807) is 0 Å². The highest BCUT2D eigenvalue weighted by atomic mass is 16.6. The first-order valence-electron chi connectivity index (χ1n) is 3.78. The van der Waals surface area contributed by atoms with Crippen LogP contribution in [0.3, 0.4) is 0 Å². The molecular weight excluding hydrogens is 192 g/mol. The number of aliphatic hydroxyl groups is 1. The van der Waals surface area contributed by atoms with Gasteiger partial charge in [0.25, 0.3) is 5.88 Å². The lowest BCUT2D eigenvalue weighted by Gasteiger charge is -2.17. The third-order valence-corrected chi connectivity index (χ3v) is 1.66. The summed E-state index contributed by atoms with van der Waals surface area (Å²) >= 11 is 0. The normalized spacial score (nSPS) is 14.8. The number of carboxylic acid groups (broad SMARTS) is 1. The number of hydrogen-bond acceptors (Lipinski definition) is 6. The predicted octanol–water partition coefficient (Wildman–Crippen LogP) is -0.240. The molecule has 0 amide bonds. The molecule has 0 bridgehead atoms. The molecule has 7 nitrogen and oxygen atoms in total. The zero-order chi connectivity index (χ0) is 10.8. The molecule has 0 aromatic carbocycles. The molecular formula is C7H10N2O5. The highest BCUT2D eigenvalue weighted by Gasteiger charge is 2.34. The van der Waals surface area contributed by atoms with E-state index >= 15 is 0 Å². The van der Waals surface area contributed by atoms with Crippen molar-refractivity contribution >= 4 is 5.97 Å². The van der Waals surface area contributed by atoms with Gasteiger partial charge in [0.2, 0.25) is 0 Å². The van der Waals surface area contributed by atoms with Gasteiger partial charge in [-0.2, -0.15) is 0 Å². The number of hydrogen-bond donors (Lipinski definition) is 2. The van der Waals surface area contributed by atoms with E-state index in [-0.39, 0.29) is 11.6 Å². The van der Waals surface area contributed by atoms with Crippen LogP contribution in [0.4, 0.5) is 0 Å². The summed E-state index contributed by atoms with van der Waals surface area (Å²) in [6.07, 6.45) is -0.502. The SMILES string of the molecule is COc1nonc1C(C)(O)CC(=O)O. The smallest absolute Gasteiger partial charge is 0.306 e. The maximum atomic E-state index is 10.4. The van der Waals surface area contributed by atoms with Gasteiger partial charge < -0.3 is 14.9 Å². The molecule has 78 valence electrons. The Kier molecular flexibility index (Phi) is 2.70. The van der Waals surface area contributed by atoms with Crippen molar-refractivity contribution in [3.8, 4) is 5.88 Å². The second kappa shape index (κ2) is 3.62. The lowest BCUT2D eigenvalue weighted by Crippen LogP contribution is -2.26. The van der Waals surface area contributed by atoms with Gasteiger partial charge in [-0.05, 0) is 17.2 Å². The summed E-state index contributed by atoms with van der Waals surface area (Å²) in [6.45, 7) is 1.29. The van der Waals surface area contributed by atoms with Gasteiger partial charge in [0, 0.05) is 0 Å². The Morgan fingerprint density at radius 1 is 1.64 bits per heavy atom. The lowest BCUT2D eigenvalue weighted by molar-refractivity contribution is -0.142. The molecule has 1 rings (SSSR count). The molecule has 0 saturated heterocycles. The maximum Gasteiger partial charge on any atom is 0.306 e. The topological polar surface area (TPSA) is 106 Å². The van der Waals surface area contributed by atoms with Crippen LogP contribution in [-0.2, 0) is 10.4 Å². The van der Waals surface area contributed by atoms with Gasteiger partial charge in [-0.3, -0.25) is 4.79 Å². The van der Waals surface area contributed by atoms with E-state index in [2.05, 4.69) is 14.9 Å². The minimum atomic E-state index is -1.66. The fourth-order valence-electron chi connectivity index (χ4n) is 1.02. The van der Waals surface area contributed by atoms with Crippen LogP contribution in [-0.4, -0.2) is 33.6 Å². The second-order valence-corrected chi connectivity index (χ2v) is 2.97. The van der Waals surface area contributed by atoms with E-state index in [4.69, 9.17) is 9.84 Å². The summed E-state index contributed by atoms with van der Waals surface area (Å²) in [5, 5.41) is 25.0. The van der Waals surface area contributed by atoms with E-state index in [9.17, 15) is 9.90 Å².